The fourth-order valence-corrected chi connectivity index (χ4v) is 5.00. The molecule has 0 spiro atoms. The standard InChI is InChI=1S/C30H35N3O/c1-28(2,3)26-18-21(25(19-31)32-8)17-22(34-26)10-9-20-15-23-27-24(16-20)30(6,7)12-14-33(27)13-11-29(23,4)5/h9-10,15-18H,11-14H2,1-7H3/b10-9+,25-21-. The topological polar surface area (TPSA) is 40.6 Å². The van der Waals surface area contributed by atoms with Crippen molar-refractivity contribution in [2.24, 2.45) is 5.41 Å². The summed E-state index contributed by atoms with van der Waals surface area (Å²) >= 11 is 0. The first-order chi connectivity index (χ1) is 15.9. The SMILES string of the molecule is [C-]#[N+]/C(C#N)=C1C=C(/C=C/c2cc3c4c(c2)C(C)(C)CCN4CCC3(C)C)OC(C(C)(C)C)=C/1. The number of nitriles is 1. The molecule has 1 aromatic rings. The van der Waals surface area contributed by atoms with Crippen molar-refractivity contribution in [2.75, 3.05) is 18.0 Å². The van der Waals surface area contributed by atoms with Crippen LogP contribution in [0.2, 0.25) is 0 Å². The maximum Gasteiger partial charge on any atom is 0.269 e. The lowest BCUT2D eigenvalue weighted by Gasteiger charge is -2.48. The van der Waals surface area contributed by atoms with Crippen LogP contribution in [-0.2, 0) is 15.6 Å². The van der Waals surface area contributed by atoms with Gasteiger partial charge >= 0.3 is 0 Å². The number of ether oxygens (including phenoxy) is 1. The monoisotopic (exact) mass is 453 g/mol. The van der Waals surface area contributed by atoms with Gasteiger partial charge in [0, 0.05) is 24.2 Å². The number of rotatable bonds is 2. The zero-order valence-electron chi connectivity index (χ0n) is 21.5. The molecule has 0 radical (unpaired) electrons. The van der Waals surface area contributed by atoms with Gasteiger partial charge in [-0.2, -0.15) is 0 Å². The molecule has 0 fully saturated rings. The summed E-state index contributed by atoms with van der Waals surface area (Å²) in [6.45, 7) is 25.2. The van der Waals surface area contributed by atoms with Crippen molar-refractivity contribution >= 4 is 11.8 Å². The number of hydrogen-bond acceptors (Lipinski definition) is 3. The predicted octanol–water partition coefficient (Wildman–Crippen LogP) is 7.41. The summed E-state index contributed by atoms with van der Waals surface area (Å²) in [7, 11) is 0. The smallest absolute Gasteiger partial charge is 0.269 e. The molecular formula is C30H35N3O. The van der Waals surface area contributed by atoms with Crippen LogP contribution in [0.15, 0.2) is 53.1 Å². The Bertz CT molecular complexity index is 1180. The van der Waals surface area contributed by atoms with Gasteiger partial charge in [-0.3, -0.25) is 0 Å². The van der Waals surface area contributed by atoms with E-state index in [0.29, 0.717) is 11.3 Å². The van der Waals surface area contributed by atoms with Crippen molar-refractivity contribution in [3.8, 4) is 6.07 Å². The van der Waals surface area contributed by atoms with Gasteiger partial charge in [0.25, 0.3) is 5.70 Å². The van der Waals surface area contributed by atoms with Gasteiger partial charge in [-0.05, 0) is 76.3 Å². The second kappa shape index (κ2) is 8.21. The van der Waals surface area contributed by atoms with Crippen LogP contribution >= 0.6 is 0 Å². The van der Waals surface area contributed by atoms with Gasteiger partial charge in [-0.15, -0.1) is 0 Å². The van der Waals surface area contributed by atoms with Gasteiger partial charge in [0.05, 0.1) is 12.6 Å². The average molecular weight is 454 g/mol. The highest BCUT2D eigenvalue weighted by Gasteiger charge is 2.39. The molecule has 0 saturated carbocycles. The first-order valence-electron chi connectivity index (χ1n) is 12.1. The summed E-state index contributed by atoms with van der Waals surface area (Å²) in [4.78, 5) is 5.99. The second-order valence-corrected chi connectivity index (χ2v) is 12.0. The highest BCUT2D eigenvalue weighted by Crippen LogP contribution is 2.49. The molecular weight excluding hydrogens is 418 g/mol. The molecule has 176 valence electrons. The Morgan fingerprint density at radius 2 is 1.65 bits per heavy atom. The normalized spacial score (nSPS) is 22.1. The van der Waals surface area contributed by atoms with Gasteiger partial charge in [0.15, 0.2) is 0 Å². The lowest BCUT2D eigenvalue weighted by Crippen LogP contribution is -2.44. The number of hydrogen-bond donors (Lipinski definition) is 0. The molecule has 3 aliphatic heterocycles. The van der Waals surface area contributed by atoms with Crippen LogP contribution in [0, 0.1) is 23.3 Å². The number of anilines is 1. The van der Waals surface area contributed by atoms with Crippen molar-refractivity contribution in [3.63, 3.8) is 0 Å². The minimum Gasteiger partial charge on any atom is -0.461 e. The van der Waals surface area contributed by atoms with Crippen LogP contribution in [0.25, 0.3) is 10.9 Å². The van der Waals surface area contributed by atoms with Gasteiger partial charge < -0.3 is 9.64 Å². The van der Waals surface area contributed by atoms with E-state index in [-0.39, 0.29) is 21.9 Å². The number of benzene rings is 1. The number of nitrogens with zero attached hydrogens (tertiary/aromatic N) is 3. The van der Waals surface area contributed by atoms with E-state index < -0.39 is 0 Å². The molecule has 0 saturated heterocycles. The Kier molecular flexibility index (Phi) is 5.77. The predicted molar refractivity (Wildman–Crippen MR) is 139 cm³/mol. The van der Waals surface area contributed by atoms with E-state index in [2.05, 4.69) is 76.4 Å². The third-order valence-electron chi connectivity index (χ3n) is 7.40. The number of allylic oxidation sites excluding steroid dienone is 6. The van der Waals surface area contributed by atoms with Crippen LogP contribution in [0.1, 0.15) is 78.0 Å². The van der Waals surface area contributed by atoms with Crippen LogP contribution in [-0.4, -0.2) is 13.1 Å². The molecule has 0 N–H and O–H groups in total. The Labute approximate surface area is 204 Å². The van der Waals surface area contributed by atoms with Crippen LogP contribution in [0.5, 0.6) is 0 Å². The third kappa shape index (κ3) is 4.30. The van der Waals surface area contributed by atoms with Crippen LogP contribution in [0.3, 0.4) is 0 Å². The fraction of sp³-hybridized carbons (Fsp3) is 0.467. The Balaban J connectivity index is 1.79. The summed E-state index contributed by atoms with van der Waals surface area (Å²) in [5.41, 5.74) is 6.17. The van der Waals surface area contributed by atoms with Crippen molar-refractivity contribution in [2.45, 2.75) is 72.1 Å². The van der Waals surface area contributed by atoms with E-state index in [1.807, 2.05) is 18.2 Å². The van der Waals surface area contributed by atoms with Crippen LogP contribution in [0.4, 0.5) is 5.69 Å². The molecule has 0 aromatic heterocycles. The minimum absolute atomic E-state index is 0.0812. The van der Waals surface area contributed by atoms with E-state index in [1.165, 1.54) is 16.8 Å². The van der Waals surface area contributed by atoms with E-state index >= 15 is 0 Å². The Hall–Kier alpha value is -3.24. The van der Waals surface area contributed by atoms with E-state index in [0.717, 1.165) is 37.3 Å². The zero-order chi connectivity index (χ0) is 24.9. The lowest BCUT2D eigenvalue weighted by molar-refractivity contribution is 0.223. The largest absolute Gasteiger partial charge is 0.461 e. The molecule has 4 nitrogen and oxygen atoms in total. The van der Waals surface area contributed by atoms with Crippen molar-refractivity contribution in [1.29, 1.82) is 5.26 Å². The molecule has 1 aromatic carbocycles. The summed E-state index contributed by atoms with van der Waals surface area (Å²) in [6.07, 6.45) is 9.99. The zero-order valence-corrected chi connectivity index (χ0v) is 21.5. The lowest BCUT2D eigenvalue weighted by atomic mass is 9.69. The Morgan fingerprint density at radius 3 is 2.15 bits per heavy atom. The van der Waals surface area contributed by atoms with E-state index in [1.54, 1.807) is 6.08 Å². The minimum atomic E-state index is -0.241. The van der Waals surface area contributed by atoms with Gasteiger partial charge in [0.2, 0.25) is 0 Å². The molecule has 3 heterocycles. The molecule has 0 bridgehead atoms. The third-order valence-corrected chi connectivity index (χ3v) is 7.40. The molecule has 3 aliphatic rings. The van der Waals surface area contributed by atoms with Crippen molar-refractivity contribution in [3.05, 3.63) is 81.3 Å². The second-order valence-electron chi connectivity index (χ2n) is 12.0. The quantitative estimate of drug-likeness (QED) is 0.346. The molecule has 34 heavy (non-hydrogen) atoms. The summed E-state index contributed by atoms with van der Waals surface area (Å²) in [6, 6.07) is 6.69. The van der Waals surface area contributed by atoms with Crippen molar-refractivity contribution < 1.29 is 4.74 Å². The van der Waals surface area contributed by atoms with Gasteiger partial charge in [0.1, 0.15) is 11.5 Å². The highest BCUT2D eigenvalue weighted by atomic mass is 16.5. The molecule has 0 unspecified atom stereocenters. The Morgan fingerprint density at radius 1 is 1.06 bits per heavy atom. The summed E-state index contributed by atoms with van der Waals surface area (Å²) < 4.78 is 6.20. The summed E-state index contributed by atoms with van der Waals surface area (Å²) in [5.74, 6) is 1.39. The molecule has 4 rings (SSSR count). The average Bonchev–Trinajstić information content (AvgIpc) is 2.76. The molecule has 0 amide bonds. The maximum absolute atomic E-state index is 9.41. The fourth-order valence-electron chi connectivity index (χ4n) is 5.00. The molecule has 0 atom stereocenters. The summed E-state index contributed by atoms with van der Waals surface area (Å²) in [5, 5.41) is 9.41. The molecule has 0 aliphatic carbocycles. The first kappa shape index (κ1) is 23.9. The van der Waals surface area contributed by atoms with Crippen LogP contribution < -0.4 is 4.90 Å². The van der Waals surface area contributed by atoms with Crippen molar-refractivity contribution in [1.82, 2.24) is 0 Å². The molecule has 4 heteroatoms. The highest BCUT2D eigenvalue weighted by molar-refractivity contribution is 5.72. The van der Waals surface area contributed by atoms with Gasteiger partial charge in [-0.1, -0.05) is 54.5 Å². The van der Waals surface area contributed by atoms with E-state index in [9.17, 15) is 5.26 Å². The van der Waals surface area contributed by atoms with Gasteiger partial charge in [-0.25, -0.2) is 10.1 Å². The van der Waals surface area contributed by atoms with E-state index in [4.69, 9.17) is 11.3 Å². The maximum atomic E-state index is 9.41. The first-order valence-corrected chi connectivity index (χ1v) is 12.1.